The van der Waals surface area contributed by atoms with Crippen molar-refractivity contribution >= 4 is 31.4 Å². The third kappa shape index (κ3) is 3.83. The van der Waals surface area contributed by atoms with E-state index < -0.39 is 10.0 Å². The van der Waals surface area contributed by atoms with Gasteiger partial charge in [0.2, 0.25) is 10.0 Å². The molecule has 0 amide bonds. The monoisotopic (exact) mass is 326 g/mol. The molecule has 2 rings (SSSR count). The Morgan fingerprint density at radius 1 is 1.10 bits per heavy atom. The third-order valence-electron chi connectivity index (χ3n) is 2.95. The predicted octanol–water partition coefficient (Wildman–Crippen LogP) is 3.09. The molecular formula is C15H22N2O2S2. The molecule has 0 fully saturated rings. The van der Waals surface area contributed by atoms with Gasteiger partial charge >= 0.3 is 0 Å². The Morgan fingerprint density at radius 2 is 1.76 bits per heavy atom. The van der Waals surface area contributed by atoms with E-state index in [-0.39, 0.29) is 6.04 Å². The van der Waals surface area contributed by atoms with Gasteiger partial charge in [0.25, 0.3) is 0 Å². The quantitative estimate of drug-likeness (QED) is 0.857. The first kappa shape index (κ1) is 16.4. The molecule has 0 atom stereocenters. The van der Waals surface area contributed by atoms with E-state index in [1.807, 2.05) is 52.0 Å². The lowest BCUT2D eigenvalue weighted by atomic mass is 10.2. The molecule has 0 aliphatic carbocycles. The van der Waals surface area contributed by atoms with Gasteiger partial charge in [0.15, 0.2) is 0 Å². The summed E-state index contributed by atoms with van der Waals surface area (Å²) >= 11 is 1.54. The van der Waals surface area contributed by atoms with E-state index in [1.165, 1.54) is 11.3 Å². The number of hydrogen-bond donors (Lipinski definition) is 2. The minimum atomic E-state index is -3.50. The van der Waals surface area contributed by atoms with Crippen molar-refractivity contribution in [2.75, 3.05) is 0 Å². The van der Waals surface area contributed by atoms with E-state index in [0.29, 0.717) is 17.5 Å². The Bertz CT molecular complexity index is 718. The first-order valence-electron chi connectivity index (χ1n) is 7.07. The molecule has 116 valence electrons. The van der Waals surface area contributed by atoms with Crippen LogP contribution in [0.1, 0.15) is 32.6 Å². The zero-order valence-corrected chi connectivity index (χ0v) is 14.4. The van der Waals surface area contributed by atoms with Gasteiger partial charge in [-0.1, -0.05) is 32.0 Å². The van der Waals surface area contributed by atoms with E-state index in [1.54, 1.807) is 0 Å². The van der Waals surface area contributed by atoms with Crippen molar-refractivity contribution in [2.24, 2.45) is 0 Å². The molecular weight excluding hydrogens is 304 g/mol. The van der Waals surface area contributed by atoms with Crippen molar-refractivity contribution in [2.45, 2.75) is 51.2 Å². The lowest BCUT2D eigenvalue weighted by molar-refractivity contribution is 0.564. The van der Waals surface area contributed by atoms with Gasteiger partial charge in [-0.05, 0) is 19.9 Å². The van der Waals surface area contributed by atoms with Crippen LogP contribution in [0.4, 0.5) is 0 Å². The molecule has 0 saturated heterocycles. The predicted molar refractivity (Wildman–Crippen MR) is 89.3 cm³/mol. The summed E-state index contributed by atoms with van der Waals surface area (Å²) in [5.41, 5.74) is 0. The second kappa shape index (κ2) is 6.44. The van der Waals surface area contributed by atoms with Crippen LogP contribution in [-0.2, 0) is 16.6 Å². The highest BCUT2D eigenvalue weighted by Gasteiger charge is 2.24. The molecule has 1 heterocycles. The first-order valence-corrected chi connectivity index (χ1v) is 9.37. The van der Waals surface area contributed by atoms with Crippen molar-refractivity contribution in [3.8, 4) is 0 Å². The second-order valence-corrected chi connectivity index (χ2v) is 8.45. The van der Waals surface area contributed by atoms with Crippen molar-refractivity contribution in [3.63, 3.8) is 0 Å². The maximum atomic E-state index is 12.7. The molecule has 0 aliphatic rings. The minimum Gasteiger partial charge on any atom is -0.310 e. The molecule has 21 heavy (non-hydrogen) atoms. The molecule has 2 N–H and O–H groups in total. The van der Waals surface area contributed by atoms with Crippen molar-refractivity contribution in [1.29, 1.82) is 0 Å². The molecule has 6 heteroatoms. The summed E-state index contributed by atoms with van der Waals surface area (Å²) in [5.74, 6) is 0. The Balaban J connectivity index is 2.55. The summed E-state index contributed by atoms with van der Waals surface area (Å²) in [6.45, 7) is 8.32. The summed E-state index contributed by atoms with van der Waals surface area (Å²) in [6.07, 6.45) is 0. The average molecular weight is 326 g/mol. The van der Waals surface area contributed by atoms with E-state index in [2.05, 4.69) is 10.0 Å². The van der Waals surface area contributed by atoms with Crippen LogP contribution in [0, 0.1) is 0 Å². The van der Waals surface area contributed by atoms with Crippen LogP contribution in [0.25, 0.3) is 10.1 Å². The summed E-state index contributed by atoms with van der Waals surface area (Å²) < 4.78 is 29.0. The molecule has 0 saturated carbocycles. The normalized spacial score (nSPS) is 12.7. The molecule has 0 spiro atoms. The molecule has 0 aliphatic heterocycles. The van der Waals surface area contributed by atoms with Gasteiger partial charge in [-0.3, -0.25) is 0 Å². The maximum absolute atomic E-state index is 12.7. The van der Waals surface area contributed by atoms with Crippen molar-refractivity contribution < 1.29 is 8.42 Å². The summed E-state index contributed by atoms with van der Waals surface area (Å²) in [5, 5.41) is 4.11. The fourth-order valence-corrected chi connectivity index (χ4v) is 5.30. The van der Waals surface area contributed by atoms with Crippen LogP contribution >= 0.6 is 11.3 Å². The average Bonchev–Trinajstić information content (AvgIpc) is 2.73. The highest BCUT2D eigenvalue weighted by molar-refractivity contribution is 7.90. The number of thiophene rings is 1. The van der Waals surface area contributed by atoms with E-state index in [9.17, 15) is 8.42 Å². The number of nitrogens with one attached hydrogen (secondary N) is 2. The van der Waals surface area contributed by atoms with Gasteiger partial charge in [-0.2, -0.15) is 0 Å². The van der Waals surface area contributed by atoms with Gasteiger partial charge in [0.1, 0.15) is 4.90 Å². The highest BCUT2D eigenvalue weighted by atomic mass is 32.2. The number of fused-ring (bicyclic) bond motifs is 1. The Kier molecular flexibility index (Phi) is 5.03. The zero-order valence-electron chi connectivity index (χ0n) is 12.8. The largest absolute Gasteiger partial charge is 0.310 e. The van der Waals surface area contributed by atoms with Crippen LogP contribution < -0.4 is 10.0 Å². The minimum absolute atomic E-state index is 0.125. The SMILES string of the molecule is CC(C)NCc1sc2ccccc2c1S(=O)(=O)NC(C)C. The molecule has 0 unspecified atom stereocenters. The standard InChI is InChI=1S/C15H22N2O2S2/c1-10(2)16-9-14-15(21(18,19)17-11(3)4)12-7-5-6-8-13(12)20-14/h5-8,10-11,16-17H,9H2,1-4H3. The van der Waals surface area contributed by atoms with Crippen LogP contribution in [0.15, 0.2) is 29.2 Å². The van der Waals surface area contributed by atoms with Crippen LogP contribution in [0.2, 0.25) is 0 Å². The number of sulfonamides is 1. The van der Waals surface area contributed by atoms with Crippen molar-refractivity contribution in [1.82, 2.24) is 10.0 Å². The fraction of sp³-hybridized carbons (Fsp3) is 0.467. The molecule has 1 aromatic carbocycles. The maximum Gasteiger partial charge on any atom is 0.242 e. The first-order chi connectivity index (χ1) is 9.81. The Labute approximate surface area is 130 Å². The van der Waals surface area contributed by atoms with Crippen LogP contribution in [0.3, 0.4) is 0 Å². The number of hydrogen-bond acceptors (Lipinski definition) is 4. The highest BCUT2D eigenvalue weighted by Crippen LogP contribution is 2.34. The number of rotatable bonds is 6. The van der Waals surface area contributed by atoms with Crippen LogP contribution in [0.5, 0.6) is 0 Å². The van der Waals surface area contributed by atoms with Gasteiger partial charge in [0.05, 0.1) is 0 Å². The van der Waals surface area contributed by atoms with E-state index in [0.717, 1.165) is 15.0 Å². The Hall–Kier alpha value is -0.950. The topological polar surface area (TPSA) is 58.2 Å². The lowest BCUT2D eigenvalue weighted by Gasteiger charge is -2.12. The second-order valence-electron chi connectivity index (χ2n) is 5.66. The molecule has 0 bridgehead atoms. The van der Waals surface area contributed by atoms with E-state index in [4.69, 9.17) is 0 Å². The molecule has 4 nitrogen and oxygen atoms in total. The van der Waals surface area contributed by atoms with Gasteiger partial charge < -0.3 is 5.32 Å². The fourth-order valence-electron chi connectivity index (χ4n) is 2.15. The number of benzene rings is 1. The van der Waals surface area contributed by atoms with Gasteiger partial charge in [0, 0.05) is 33.6 Å². The Morgan fingerprint density at radius 3 is 2.38 bits per heavy atom. The lowest BCUT2D eigenvalue weighted by Crippen LogP contribution is -2.31. The third-order valence-corrected chi connectivity index (χ3v) is 6.03. The molecule has 1 aromatic heterocycles. The summed E-state index contributed by atoms with van der Waals surface area (Å²) in [6, 6.07) is 7.84. The van der Waals surface area contributed by atoms with Crippen molar-refractivity contribution in [3.05, 3.63) is 29.1 Å². The van der Waals surface area contributed by atoms with E-state index >= 15 is 0 Å². The van der Waals surface area contributed by atoms with Gasteiger partial charge in [-0.25, -0.2) is 13.1 Å². The van der Waals surface area contributed by atoms with Gasteiger partial charge in [-0.15, -0.1) is 11.3 Å². The van der Waals surface area contributed by atoms with Crippen LogP contribution in [-0.4, -0.2) is 20.5 Å². The molecule has 0 radical (unpaired) electrons. The zero-order chi connectivity index (χ0) is 15.6. The molecule has 2 aromatic rings. The smallest absolute Gasteiger partial charge is 0.242 e. The summed E-state index contributed by atoms with van der Waals surface area (Å²) in [7, 11) is -3.50. The summed E-state index contributed by atoms with van der Waals surface area (Å²) in [4.78, 5) is 1.28.